The molecule has 9 rings (SSSR count). The number of para-hydroxylation sites is 2. The fourth-order valence-corrected chi connectivity index (χ4v) is 14.4. The van der Waals surface area contributed by atoms with Crippen LogP contribution in [0, 0.1) is 0 Å². The van der Waals surface area contributed by atoms with Gasteiger partial charge in [-0.1, -0.05) is 127 Å². The van der Waals surface area contributed by atoms with Gasteiger partial charge in [-0.05, 0) is 92.5 Å². The Morgan fingerprint density at radius 2 is 0.891 bits per heavy atom. The van der Waals surface area contributed by atoms with Gasteiger partial charge in [0.05, 0.1) is 0 Å². The van der Waals surface area contributed by atoms with E-state index in [-0.39, 0.29) is 0 Å². The van der Waals surface area contributed by atoms with E-state index in [1.54, 1.807) is 0 Å². The minimum Gasteiger partial charge on any atom is -0.458 e. The molecule has 7 aromatic rings. The molecule has 7 aromatic carbocycles. The van der Waals surface area contributed by atoms with Gasteiger partial charge in [0, 0.05) is 26.9 Å². The summed E-state index contributed by atoms with van der Waals surface area (Å²) in [6, 6.07) is 63.7. The standard InChI is InChI=1S/C42H29NOSSi/c1-3-13-30(14-4-1)31-23-25-33(26-24-31)43(32-15-5-2-6-16-32)34-27-28-36-42(29-34)46(39-20-10-7-17-35(39)44-36)40-21-11-8-18-37(40)45-38-19-9-12-22-41(38)46/h1-29H. The number of rotatable bonds is 4. The van der Waals surface area contributed by atoms with Gasteiger partial charge < -0.3 is 9.64 Å². The number of fused-ring (bicyclic) bond motifs is 8. The predicted octanol–water partition coefficient (Wildman–Crippen LogP) is 8.77. The normalized spacial score (nSPS) is 13.5. The van der Waals surface area contributed by atoms with Gasteiger partial charge in [0.25, 0.3) is 0 Å². The van der Waals surface area contributed by atoms with E-state index in [2.05, 4.69) is 181 Å². The van der Waals surface area contributed by atoms with E-state index in [1.807, 2.05) is 11.8 Å². The lowest BCUT2D eigenvalue weighted by Gasteiger charge is -2.43. The Hall–Kier alpha value is -5.29. The molecule has 0 aromatic heterocycles. The van der Waals surface area contributed by atoms with Gasteiger partial charge >= 0.3 is 0 Å². The molecule has 1 spiro atoms. The zero-order valence-corrected chi connectivity index (χ0v) is 26.8. The number of hydrogen-bond donors (Lipinski definition) is 0. The van der Waals surface area contributed by atoms with Crippen LogP contribution in [0.25, 0.3) is 11.1 Å². The maximum atomic E-state index is 6.76. The third-order valence-corrected chi connectivity index (χ3v) is 15.6. The molecule has 0 radical (unpaired) electrons. The van der Waals surface area contributed by atoms with Crippen molar-refractivity contribution in [3.8, 4) is 22.6 Å². The van der Waals surface area contributed by atoms with E-state index >= 15 is 0 Å². The van der Waals surface area contributed by atoms with Crippen LogP contribution in [0.3, 0.4) is 0 Å². The first-order valence-electron chi connectivity index (χ1n) is 15.6. The first kappa shape index (κ1) is 27.1. The number of ether oxygens (including phenoxy) is 1. The quantitative estimate of drug-likeness (QED) is 0.182. The van der Waals surface area contributed by atoms with Crippen molar-refractivity contribution in [1.82, 2.24) is 0 Å². The number of nitrogens with zero attached hydrogens (tertiary/aromatic N) is 1. The lowest BCUT2D eigenvalue weighted by atomic mass is 10.0. The van der Waals surface area contributed by atoms with Gasteiger partial charge in [0.15, 0.2) is 8.07 Å². The molecule has 0 fully saturated rings. The second-order valence-corrected chi connectivity index (χ2v) is 16.4. The van der Waals surface area contributed by atoms with Crippen molar-refractivity contribution in [3.63, 3.8) is 0 Å². The fraction of sp³-hybridized carbons (Fsp3) is 0. The van der Waals surface area contributed by atoms with Gasteiger partial charge in [-0.3, -0.25) is 0 Å². The maximum absolute atomic E-state index is 6.76. The highest BCUT2D eigenvalue weighted by molar-refractivity contribution is 8.00. The maximum Gasteiger partial charge on any atom is 0.190 e. The topological polar surface area (TPSA) is 12.5 Å². The summed E-state index contributed by atoms with van der Waals surface area (Å²) in [5.41, 5.74) is 5.75. The SMILES string of the molecule is c1ccc(-c2ccc(N(c3ccccc3)c3ccc4c(c3)[Si]3(c5ccccc5O4)c4ccccc4Sc4ccccc43)cc2)cc1. The number of anilines is 3. The zero-order chi connectivity index (χ0) is 30.5. The van der Waals surface area contributed by atoms with E-state index in [0.717, 1.165) is 28.6 Å². The third-order valence-electron chi connectivity index (χ3n) is 9.19. The molecule has 0 aliphatic carbocycles. The molecule has 2 aliphatic rings. The summed E-state index contributed by atoms with van der Waals surface area (Å²) in [6.07, 6.45) is 0. The molecule has 2 nitrogen and oxygen atoms in total. The Morgan fingerprint density at radius 3 is 1.59 bits per heavy atom. The Bertz CT molecular complexity index is 2110. The molecule has 0 amide bonds. The Morgan fingerprint density at radius 1 is 0.391 bits per heavy atom. The van der Waals surface area contributed by atoms with E-state index in [1.165, 1.54) is 41.7 Å². The lowest BCUT2D eigenvalue weighted by molar-refractivity contribution is 0.487. The highest BCUT2D eigenvalue weighted by Crippen LogP contribution is 2.41. The van der Waals surface area contributed by atoms with Crippen LogP contribution < -0.4 is 30.4 Å². The lowest BCUT2D eigenvalue weighted by Crippen LogP contribution is -2.77. The fourth-order valence-electron chi connectivity index (χ4n) is 7.20. The first-order valence-corrected chi connectivity index (χ1v) is 18.4. The molecule has 0 bridgehead atoms. The van der Waals surface area contributed by atoms with Crippen molar-refractivity contribution in [1.29, 1.82) is 0 Å². The van der Waals surface area contributed by atoms with Crippen LogP contribution in [0.5, 0.6) is 11.5 Å². The zero-order valence-electron chi connectivity index (χ0n) is 25.0. The van der Waals surface area contributed by atoms with Crippen LogP contribution in [-0.2, 0) is 0 Å². The van der Waals surface area contributed by atoms with Gasteiger partial charge in [-0.25, -0.2) is 0 Å². The molecule has 2 heterocycles. The average Bonchev–Trinajstić information content (AvgIpc) is 3.13. The average molecular weight is 624 g/mol. The minimum absolute atomic E-state index is 0.943. The molecule has 0 unspecified atom stereocenters. The van der Waals surface area contributed by atoms with Crippen LogP contribution in [0.2, 0.25) is 0 Å². The van der Waals surface area contributed by atoms with Gasteiger partial charge in [0.1, 0.15) is 11.5 Å². The first-order chi connectivity index (χ1) is 22.8. The van der Waals surface area contributed by atoms with E-state index in [4.69, 9.17) is 4.74 Å². The van der Waals surface area contributed by atoms with Gasteiger partial charge in [0.2, 0.25) is 0 Å². The van der Waals surface area contributed by atoms with Crippen molar-refractivity contribution >= 4 is 57.6 Å². The molecule has 218 valence electrons. The summed E-state index contributed by atoms with van der Waals surface area (Å²) in [4.78, 5) is 5.03. The Labute approximate surface area is 274 Å². The molecule has 4 heteroatoms. The minimum atomic E-state index is -2.76. The summed E-state index contributed by atoms with van der Waals surface area (Å²) in [5.74, 6) is 1.90. The van der Waals surface area contributed by atoms with Crippen LogP contribution in [0.1, 0.15) is 0 Å². The van der Waals surface area contributed by atoms with Crippen molar-refractivity contribution in [2.24, 2.45) is 0 Å². The van der Waals surface area contributed by atoms with E-state index < -0.39 is 8.07 Å². The summed E-state index contributed by atoms with van der Waals surface area (Å²) >= 11 is 1.89. The number of hydrogen-bond acceptors (Lipinski definition) is 3. The molecular formula is C42H29NOSSi. The summed E-state index contributed by atoms with van der Waals surface area (Å²) < 4.78 is 6.76. The van der Waals surface area contributed by atoms with Gasteiger partial charge in [-0.2, -0.15) is 0 Å². The molecule has 0 saturated carbocycles. The van der Waals surface area contributed by atoms with Crippen LogP contribution >= 0.6 is 11.8 Å². The molecule has 0 N–H and O–H groups in total. The second-order valence-electron chi connectivity index (χ2n) is 11.7. The molecule has 0 saturated heterocycles. The molecule has 46 heavy (non-hydrogen) atoms. The van der Waals surface area contributed by atoms with Gasteiger partial charge in [-0.15, -0.1) is 0 Å². The van der Waals surface area contributed by atoms with Crippen molar-refractivity contribution in [2.45, 2.75) is 9.79 Å². The number of benzene rings is 7. The monoisotopic (exact) mass is 623 g/mol. The van der Waals surface area contributed by atoms with Crippen molar-refractivity contribution in [3.05, 3.63) is 176 Å². The highest BCUT2D eigenvalue weighted by Gasteiger charge is 2.52. The molecule has 2 aliphatic heterocycles. The molecule has 0 atom stereocenters. The largest absolute Gasteiger partial charge is 0.458 e. The molecular weight excluding hydrogens is 595 g/mol. The highest BCUT2D eigenvalue weighted by atomic mass is 32.2. The smallest absolute Gasteiger partial charge is 0.190 e. The third kappa shape index (κ3) is 4.18. The van der Waals surface area contributed by atoms with Crippen LogP contribution in [0.4, 0.5) is 17.1 Å². The Balaban J connectivity index is 1.29. The van der Waals surface area contributed by atoms with E-state index in [0.29, 0.717) is 0 Å². The van der Waals surface area contributed by atoms with E-state index in [9.17, 15) is 0 Å². The van der Waals surface area contributed by atoms with Crippen LogP contribution in [-0.4, -0.2) is 8.07 Å². The second kappa shape index (κ2) is 11.0. The summed E-state index contributed by atoms with van der Waals surface area (Å²) in [7, 11) is -2.76. The van der Waals surface area contributed by atoms with Crippen molar-refractivity contribution in [2.75, 3.05) is 4.90 Å². The van der Waals surface area contributed by atoms with Crippen molar-refractivity contribution < 1.29 is 4.74 Å². The predicted molar refractivity (Wildman–Crippen MR) is 194 cm³/mol. The Kier molecular flexibility index (Phi) is 6.44. The summed E-state index contributed by atoms with van der Waals surface area (Å²) in [6.45, 7) is 0. The summed E-state index contributed by atoms with van der Waals surface area (Å²) in [5, 5.41) is 5.43. The van der Waals surface area contributed by atoms with Crippen LogP contribution in [0.15, 0.2) is 186 Å².